The minimum Gasteiger partial charge on any atom is -0.395 e. The second-order valence-electron chi connectivity index (χ2n) is 5.44. The molecule has 2 aromatic rings. The molecule has 0 aliphatic heterocycles. The highest BCUT2D eigenvalue weighted by molar-refractivity contribution is 7.86. The third-order valence-corrected chi connectivity index (χ3v) is 5.09. The summed E-state index contributed by atoms with van der Waals surface area (Å²) in [5.74, 6) is 5.72. The molecule has 126 valence electrons. The molecule has 2 aromatic carbocycles. The van der Waals surface area contributed by atoms with E-state index in [-0.39, 0.29) is 18.1 Å². The zero-order valence-electron chi connectivity index (χ0n) is 13.5. The summed E-state index contributed by atoms with van der Waals surface area (Å²) < 4.78 is 30.0. The Morgan fingerprint density at radius 2 is 1.62 bits per heavy atom. The summed E-state index contributed by atoms with van der Waals surface area (Å²) in [6, 6.07) is 17.2. The van der Waals surface area contributed by atoms with Gasteiger partial charge in [0.25, 0.3) is 10.1 Å². The van der Waals surface area contributed by atoms with Crippen molar-refractivity contribution >= 4 is 10.1 Å². The van der Waals surface area contributed by atoms with Crippen LogP contribution in [0.1, 0.15) is 18.9 Å². The summed E-state index contributed by atoms with van der Waals surface area (Å²) in [4.78, 5) is 0.0893. The number of rotatable bonds is 7. The molecule has 0 aliphatic rings. The maximum atomic E-state index is 12.4. The van der Waals surface area contributed by atoms with Crippen LogP contribution in [0.3, 0.4) is 0 Å². The number of hydrogen-bond donors (Lipinski definition) is 1. The first-order valence-electron chi connectivity index (χ1n) is 7.54. The predicted molar refractivity (Wildman–Crippen MR) is 92.9 cm³/mol. The molecule has 5 heteroatoms. The van der Waals surface area contributed by atoms with E-state index in [1.165, 1.54) is 12.1 Å². The molecule has 1 atom stereocenters. The number of hydrogen-bond acceptors (Lipinski definition) is 4. The number of benzene rings is 2. The molecule has 0 amide bonds. The maximum absolute atomic E-state index is 12.4. The van der Waals surface area contributed by atoms with Gasteiger partial charge in [-0.1, -0.05) is 48.5 Å². The van der Waals surface area contributed by atoms with Gasteiger partial charge in [-0.05, 0) is 24.6 Å². The summed E-state index contributed by atoms with van der Waals surface area (Å²) in [7, 11) is -3.90. The maximum Gasteiger partial charge on any atom is 0.297 e. The molecule has 0 saturated carbocycles. The van der Waals surface area contributed by atoms with Crippen molar-refractivity contribution < 1.29 is 17.7 Å². The normalized spacial score (nSPS) is 13.6. The second-order valence-corrected chi connectivity index (χ2v) is 7.05. The van der Waals surface area contributed by atoms with Crippen LogP contribution in [0.4, 0.5) is 0 Å². The van der Waals surface area contributed by atoms with Crippen molar-refractivity contribution in [3.8, 4) is 11.8 Å². The molecule has 0 saturated heterocycles. The molecule has 0 unspecified atom stereocenters. The molecule has 0 aliphatic carbocycles. The Bertz CT molecular complexity index is 805. The van der Waals surface area contributed by atoms with Crippen LogP contribution in [0.15, 0.2) is 65.6 Å². The molecule has 2 rings (SSSR count). The van der Waals surface area contributed by atoms with E-state index in [2.05, 4.69) is 11.8 Å². The van der Waals surface area contributed by atoms with Crippen molar-refractivity contribution in [2.45, 2.75) is 23.7 Å². The number of aliphatic hydroxyl groups is 1. The molecular weight excluding hydrogens is 324 g/mol. The average molecular weight is 344 g/mol. The van der Waals surface area contributed by atoms with Crippen molar-refractivity contribution in [1.29, 1.82) is 0 Å². The molecule has 1 N–H and O–H groups in total. The quantitative estimate of drug-likeness (QED) is 0.620. The highest BCUT2D eigenvalue weighted by Crippen LogP contribution is 2.29. The molecule has 0 spiro atoms. The third-order valence-electron chi connectivity index (χ3n) is 3.81. The lowest BCUT2D eigenvalue weighted by Crippen LogP contribution is -2.36. The fourth-order valence-electron chi connectivity index (χ4n) is 2.32. The summed E-state index contributed by atoms with van der Waals surface area (Å²) in [5.41, 5.74) is -0.106. The standard InChI is InChI=1S/C19H20O4S/c1-2-3-14-19(15-20,17-10-6-4-7-11-17)16-23-24(21,22)18-12-8-5-9-13-18/h4-13,20H,14-16H2,1H3/t19-/m1/s1. The summed E-state index contributed by atoms with van der Waals surface area (Å²) in [6.45, 7) is 1.25. The van der Waals surface area contributed by atoms with Crippen molar-refractivity contribution in [2.75, 3.05) is 13.2 Å². The van der Waals surface area contributed by atoms with E-state index in [4.69, 9.17) is 4.18 Å². The van der Waals surface area contributed by atoms with Gasteiger partial charge in [0.15, 0.2) is 0 Å². The van der Waals surface area contributed by atoms with E-state index >= 15 is 0 Å². The zero-order valence-corrected chi connectivity index (χ0v) is 14.3. The van der Waals surface area contributed by atoms with E-state index in [0.717, 1.165) is 5.56 Å². The Labute approximate surface area is 143 Å². The fourth-order valence-corrected chi connectivity index (χ4v) is 3.33. The lowest BCUT2D eigenvalue weighted by molar-refractivity contribution is 0.135. The minimum atomic E-state index is -3.90. The van der Waals surface area contributed by atoms with E-state index in [9.17, 15) is 13.5 Å². The van der Waals surface area contributed by atoms with Gasteiger partial charge < -0.3 is 5.11 Å². The van der Waals surface area contributed by atoms with E-state index in [1.54, 1.807) is 25.1 Å². The van der Waals surface area contributed by atoms with Crippen LogP contribution in [-0.4, -0.2) is 26.7 Å². The third kappa shape index (κ3) is 4.24. The average Bonchev–Trinajstić information content (AvgIpc) is 2.64. The first-order valence-corrected chi connectivity index (χ1v) is 8.95. The molecule has 0 bridgehead atoms. The topological polar surface area (TPSA) is 63.6 Å². The lowest BCUT2D eigenvalue weighted by Gasteiger charge is -2.30. The van der Waals surface area contributed by atoms with E-state index in [1.807, 2.05) is 30.3 Å². The summed E-state index contributed by atoms with van der Waals surface area (Å²) >= 11 is 0. The molecule has 0 radical (unpaired) electrons. The number of aliphatic hydroxyl groups excluding tert-OH is 1. The molecule has 0 aromatic heterocycles. The van der Waals surface area contributed by atoms with Gasteiger partial charge in [0.1, 0.15) is 0 Å². The Hall–Kier alpha value is -2.13. The van der Waals surface area contributed by atoms with Crippen LogP contribution in [0, 0.1) is 11.8 Å². The van der Waals surface area contributed by atoms with Crippen LogP contribution in [0.25, 0.3) is 0 Å². The molecule has 4 nitrogen and oxygen atoms in total. The summed E-state index contributed by atoms with van der Waals surface area (Å²) in [6.07, 6.45) is 0.300. The smallest absolute Gasteiger partial charge is 0.297 e. The van der Waals surface area contributed by atoms with Gasteiger partial charge in [0.05, 0.1) is 23.5 Å². The van der Waals surface area contributed by atoms with Crippen molar-refractivity contribution in [3.63, 3.8) is 0 Å². The van der Waals surface area contributed by atoms with Crippen LogP contribution in [0.5, 0.6) is 0 Å². The van der Waals surface area contributed by atoms with Crippen molar-refractivity contribution in [2.24, 2.45) is 0 Å². The van der Waals surface area contributed by atoms with Gasteiger partial charge in [0.2, 0.25) is 0 Å². The molecule has 0 heterocycles. The first-order chi connectivity index (χ1) is 11.5. The van der Waals surface area contributed by atoms with Gasteiger partial charge >= 0.3 is 0 Å². The highest BCUT2D eigenvalue weighted by Gasteiger charge is 2.33. The van der Waals surface area contributed by atoms with Crippen LogP contribution in [-0.2, 0) is 19.7 Å². The molecular formula is C19H20O4S. The molecule has 0 fully saturated rings. The van der Waals surface area contributed by atoms with Gasteiger partial charge in [0, 0.05) is 6.42 Å². The van der Waals surface area contributed by atoms with Gasteiger partial charge in [-0.25, -0.2) is 0 Å². The van der Waals surface area contributed by atoms with Gasteiger partial charge in [-0.15, -0.1) is 11.8 Å². The zero-order chi connectivity index (χ0) is 17.5. The second kappa shape index (κ2) is 8.11. The van der Waals surface area contributed by atoms with E-state index in [0.29, 0.717) is 6.42 Å². The van der Waals surface area contributed by atoms with Crippen LogP contribution < -0.4 is 0 Å². The largest absolute Gasteiger partial charge is 0.395 e. The lowest BCUT2D eigenvalue weighted by atomic mass is 9.79. The van der Waals surface area contributed by atoms with E-state index < -0.39 is 15.5 Å². The Balaban J connectivity index is 2.30. The Morgan fingerprint density at radius 3 is 2.17 bits per heavy atom. The minimum absolute atomic E-state index is 0.0893. The van der Waals surface area contributed by atoms with Crippen molar-refractivity contribution in [3.05, 3.63) is 66.2 Å². The summed E-state index contributed by atoms with van der Waals surface area (Å²) in [5, 5.41) is 9.98. The van der Waals surface area contributed by atoms with Crippen LogP contribution >= 0.6 is 0 Å². The molecule has 24 heavy (non-hydrogen) atoms. The first kappa shape index (κ1) is 18.2. The van der Waals surface area contributed by atoms with Gasteiger partial charge in [-0.2, -0.15) is 8.42 Å². The predicted octanol–water partition coefficient (Wildman–Crippen LogP) is 2.74. The SMILES string of the molecule is CC#CC[C@@](CO)(COS(=O)(=O)c1ccccc1)c1ccccc1. The highest BCUT2D eigenvalue weighted by atomic mass is 32.2. The monoisotopic (exact) mass is 344 g/mol. The van der Waals surface area contributed by atoms with Gasteiger partial charge in [-0.3, -0.25) is 4.18 Å². The fraction of sp³-hybridized carbons (Fsp3) is 0.263. The Kier molecular flexibility index (Phi) is 6.16. The van der Waals surface area contributed by atoms with Crippen LogP contribution in [0.2, 0.25) is 0 Å². The van der Waals surface area contributed by atoms with Crippen molar-refractivity contribution in [1.82, 2.24) is 0 Å². The Morgan fingerprint density at radius 1 is 1.04 bits per heavy atom.